The zero-order valence-corrected chi connectivity index (χ0v) is 14.5. The van der Waals surface area contributed by atoms with Crippen LogP contribution in [-0.4, -0.2) is 25.3 Å². The van der Waals surface area contributed by atoms with Crippen molar-refractivity contribution in [2.75, 3.05) is 18.7 Å². The molecule has 0 radical (unpaired) electrons. The minimum Gasteiger partial charge on any atom is -0.455 e. The summed E-state index contributed by atoms with van der Waals surface area (Å²) in [6, 6.07) is 12.2. The van der Waals surface area contributed by atoms with Gasteiger partial charge in [0.2, 0.25) is 6.79 Å². The van der Waals surface area contributed by atoms with Crippen LogP contribution < -0.4 is 14.8 Å². The molecule has 1 aliphatic carbocycles. The summed E-state index contributed by atoms with van der Waals surface area (Å²) in [6.45, 7) is -0.181. The zero-order chi connectivity index (χ0) is 18.1. The van der Waals surface area contributed by atoms with Crippen LogP contribution in [0.1, 0.15) is 18.4 Å². The smallest absolute Gasteiger partial charge is 0.317 e. The van der Waals surface area contributed by atoms with Crippen molar-refractivity contribution in [3.8, 4) is 11.5 Å². The molecule has 4 rings (SSSR count). The van der Waals surface area contributed by atoms with Gasteiger partial charge in [0.25, 0.3) is 5.91 Å². The van der Waals surface area contributed by atoms with Crippen molar-refractivity contribution in [1.29, 1.82) is 0 Å². The van der Waals surface area contributed by atoms with E-state index < -0.39 is 11.3 Å². The lowest BCUT2D eigenvalue weighted by Gasteiger charge is -2.15. The van der Waals surface area contributed by atoms with Crippen LogP contribution in [0.15, 0.2) is 42.5 Å². The van der Waals surface area contributed by atoms with Gasteiger partial charge < -0.3 is 19.5 Å². The van der Waals surface area contributed by atoms with Gasteiger partial charge in [0.15, 0.2) is 18.1 Å². The second-order valence-electron chi connectivity index (χ2n) is 6.28. The quantitative estimate of drug-likeness (QED) is 0.814. The maximum atomic E-state index is 12.5. The molecule has 0 unspecified atom stereocenters. The van der Waals surface area contributed by atoms with Gasteiger partial charge in [-0.05, 0) is 42.7 Å². The maximum absolute atomic E-state index is 12.5. The van der Waals surface area contributed by atoms with Gasteiger partial charge in [0, 0.05) is 16.8 Å². The van der Waals surface area contributed by atoms with Gasteiger partial charge in [-0.15, -0.1) is 0 Å². The van der Waals surface area contributed by atoms with E-state index >= 15 is 0 Å². The first kappa shape index (κ1) is 16.7. The van der Waals surface area contributed by atoms with Crippen molar-refractivity contribution in [2.24, 2.45) is 0 Å². The topological polar surface area (TPSA) is 73.9 Å². The number of anilines is 1. The Morgan fingerprint density at radius 2 is 1.81 bits per heavy atom. The molecule has 1 N–H and O–H groups in total. The second-order valence-corrected chi connectivity index (χ2v) is 6.72. The average Bonchev–Trinajstić information content (AvgIpc) is 3.32. The number of carbonyl (C=O) groups is 2. The lowest BCUT2D eigenvalue weighted by Crippen LogP contribution is -2.28. The van der Waals surface area contributed by atoms with Crippen LogP contribution in [0.5, 0.6) is 11.5 Å². The van der Waals surface area contributed by atoms with Gasteiger partial charge in [0.1, 0.15) is 0 Å². The molecule has 1 heterocycles. The molecule has 0 saturated heterocycles. The molecule has 26 heavy (non-hydrogen) atoms. The van der Waals surface area contributed by atoms with Crippen LogP contribution in [-0.2, 0) is 19.7 Å². The van der Waals surface area contributed by atoms with Crippen molar-refractivity contribution in [1.82, 2.24) is 0 Å². The summed E-state index contributed by atoms with van der Waals surface area (Å²) in [5.41, 5.74) is 0.765. The standard InChI is InChI=1S/C19H16ClNO5/c20-13-3-1-12(2-4-13)19(7-8-19)18(23)24-10-17(22)21-14-5-6-15-16(9-14)26-11-25-15/h1-6,9H,7-8,10-11H2,(H,21,22). The van der Waals surface area contributed by atoms with Gasteiger partial charge in [-0.2, -0.15) is 0 Å². The highest BCUT2D eigenvalue weighted by Gasteiger charge is 2.52. The van der Waals surface area contributed by atoms with Crippen molar-refractivity contribution in [3.05, 3.63) is 53.1 Å². The number of halogens is 1. The molecule has 1 fully saturated rings. The monoisotopic (exact) mass is 373 g/mol. The fourth-order valence-electron chi connectivity index (χ4n) is 2.95. The summed E-state index contributed by atoms with van der Waals surface area (Å²) < 4.78 is 15.7. The van der Waals surface area contributed by atoms with E-state index in [-0.39, 0.29) is 19.4 Å². The Bertz CT molecular complexity index is 861. The van der Waals surface area contributed by atoms with Crippen LogP contribution >= 0.6 is 11.6 Å². The molecule has 1 aliphatic heterocycles. The first-order valence-corrected chi connectivity index (χ1v) is 8.57. The van der Waals surface area contributed by atoms with E-state index in [0.29, 0.717) is 35.1 Å². The number of hydrogen-bond acceptors (Lipinski definition) is 5. The van der Waals surface area contributed by atoms with Crippen LogP contribution in [0.3, 0.4) is 0 Å². The Labute approximate surface area is 155 Å². The van der Waals surface area contributed by atoms with E-state index in [2.05, 4.69) is 5.32 Å². The van der Waals surface area contributed by atoms with Crippen LogP contribution in [0.2, 0.25) is 5.02 Å². The summed E-state index contributed by atoms with van der Waals surface area (Å²) in [7, 11) is 0. The number of benzene rings is 2. The number of ether oxygens (including phenoxy) is 3. The first-order chi connectivity index (χ1) is 12.6. The minimum absolute atomic E-state index is 0.164. The van der Waals surface area contributed by atoms with Gasteiger partial charge in [-0.3, -0.25) is 9.59 Å². The maximum Gasteiger partial charge on any atom is 0.317 e. The molecule has 0 bridgehead atoms. The van der Waals surface area contributed by atoms with E-state index in [1.54, 1.807) is 30.3 Å². The normalized spacial score (nSPS) is 16.0. The van der Waals surface area contributed by atoms with Crippen molar-refractivity contribution >= 4 is 29.2 Å². The predicted molar refractivity (Wildman–Crippen MR) is 94.5 cm³/mol. The van der Waals surface area contributed by atoms with Crippen molar-refractivity contribution < 1.29 is 23.8 Å². The number of hydrogen-bond donors (Lipinski definition) is 1. The number of fused-ring (bicyclic) bond motifs is 1. The third-order valence-corrected chi connectivity index (χ3v) is 4.78. The average molecular weight is 374 g/mol. The lowest BCUT2D eigenvalue weighted by molar-refractivity contribution is -0.150. The van der Waals surface area contributed by atoms with E-state index in [9.17, 15) is 9.59 Å². The Morgan fingerprint density at radius 1 is 1.08 bits per heavy atom. The Morgan fingerprint density at radius 3 is 2.54 bits per heavy atom. The van der Waals surface area contributed by atoms with E-state index in [1.807, 2.05) is 12.1 Å². The molecule has 1 amide bonds. The lowest BCUT2D eigenvalue weighted by atomic mass is 9.96. The van der Waals surface area contributed by atoms with Crippen LogP contribution in [0.4, 0.5) is 5.69 Å². The molecular weight excluding hydrogens is 358 g/mol. The SMILES string of the molecule is O=C(COC(=O)C1(c2ccc(Cl)cc2)CC1)Nc1ccc2c(c1)OCO2. The first-order valence-electron chi connectivity index (χ1n) is 8.20. The molecule has 7 heteroatoms. The molecule has 2 aromatic rings. The Hall–Kier alpha value is -2.73. The second kappa shape index (κ2) is 6.53. The molecule has 0 spiro atoms. The predicted octanol–water partition coefficient (Wildman–Crippen LogP) is 3.28. The molecule has 0 aromatic heterocycles. The van der Waals surface area contributed by atoms with Gasteiger partial charge in [0.05, 0.1) is 5.41 Å². The molecule has 134 valence electrons. The number of nitrogens with one attached hydrogen (secondary N) is 1. The molecule has 0 atom stereocenters. The van der Waals surface area contributed by atoms with Crippen molar-refractivity contribution in [2.45, 2.75) is 18.3 Å². The molecule has 1 saturated carbocycles. The van der Waals surface area contributed by atoms with Gasteiger partial charge >= 0.3 is 5.97 Å². The number of esters is 1. The Balaban J connectivity index is 1.34. The highest BCUT2D eigenvalue weighted by atomic mass is 35.5. The van der Waals surface area contributed by atoms with E-state index in [4.69, 9.17) is 25.8 Å². The number of amides is 1. The highest BCUT2D eigenvalue weighted by Crippen LogP contribution is 2.49. The highest BCUT2D eigenvalue weighted by molar-refractivity contribution is 6.30. The van der Waals surface area contributed by atoms with Gasteiger partial charge in [-0.1, -0.05) is 23.7 Å². The molecular formula is C19H16ClNO5. The summed E-state index contributed by atoms with van der Waals surface area (Å²) in [6.07, 6.45) is 1.41. The van der Waals surface area contributed by atoms with Crippen molar-refractivity contribution in [3.63, 3.8) is 0 Å². The zero-order valence-electron chi connectivity index (χ0n) is 13.8. The summed E-state index contributed by atoms with van der Waals surface area (Å²) in [4.78, 5) is 24.5. The van der Waals surface area contributed by atoms with E-state index in [1.165, 1.54) is 0 Å². The number of rotatable bonds is 5. The largest absolute Gasteiger partial charge is 0.455 e. The van der Waals surface area contributed by atoms with E-state index in [0.717, 1.165) is 5.56 Å². The van der Waals surface area contributed by atoms with Gasteiger partial charge in [-0.25, -0.2) is 0 Å². The molecule has 2 aliphatic rings. The van der Waals surface area contributed by atoms with Crippen LogP contribution in [0.25, 0.3) is 0 Å². The fourth-order valence-corrected chi connectivity index (χ4v) is 3.07. The third-order valence-electron chi connectivity index (χ3n) is 4.53. The Kier molecular flexibility index (Phi) is 4.20. The number of carbonyl (C=O) groups excluding carboxylic acids is 2. The fraction of sp³-hybridized carbons (Fsp3) is 0.263. The summed E-state index contributed by atoms with van der Waals surface area (Å²) >= 11 is 5.89. The molecule has 2 aromatic carbocycles. The third kappa shape index (κ3) is 3.20. The van der Waals surface area contributed by atoms with Crippen LogP contribution in [0, 0.1) is 0 Å². The molecule has 6 nitrogen and oxygen atoms in total. The summed E-state index contributed by atoms with van der Waals surface area (Å²) in [5, 5.41) is 3.29. The minimum atomic E-state index is -0.649. The summed E-state index contributed by atoms with van der Waals surface area (Å²) in [5.74, 6) is 0.400.